The van der Waals surface area contributed by atoms with Crippen molar-refractivity contribution >= 4 is 21.6 Å². The first kappa shape index (κ1) is 19.9. The van der Waals surface area contributed by atoms with E-state index >= 15 is 0 Å². The molecule has 1 aliphatic carbocycles. The summed E-state index contributed by atoms with van der Waals surface area (Å²) in [7, 11) is -1.99. The van der Waals surface area contributed by atoms with Crippen LogP contribution in [0.15, 0.2) is 47.4 Å². The number of methoxy groups -OCH3 is 1. The fraction of sp³-hybridized carbons (Fsp3) is 0.409. The van der Waals surface area contributed by atoms with Gasteiger partial charge in [0, 0.05) is 25.2 Å². The van der Waals surface area contributed by atoms with E-state index in [2.05, 4.69) is 4.72 Å². The molecule has 0 aromatic heterocycles. The highest BCUT2D eigenvalue weighted by Gasteiger charge is 2.31. The molecule has 0 bridgehead atoms. The van der Waals surface area contributed by atoms with Gasteiger partial charge in [0.05, 0.1) is 12.0 Å². The summed E-state index contributed by atoms with van der Waals surface area (Å²) >= 11 is 0. The summed E-state index contributed by atoms with van der Waals surface area (Å²) < 4.78 is 33.4. The molecular formula is C22H26N2O4S. The predicted octanol–water partition coefficient (Wildman–Crippen LogP) is 2.91. The molecule has 1 aliphatic heterocycles. The Balaban J connectivity index is 1.40. The minimum atomic E-state index is -3.59. The number of amides is 1. The van der Waals surface area contributed by atoms with Gasteiger partial charge in [-0.1, -0.05) is 6.07 Å². The number of hydrogen-bond acceptors (Lipinski definition) is 4. The van der Waals surface area contributed by atoms with E-state index in [9.17, 15) is 13.2 Å². The van der Waals surface area contributed by atoms with Gasteiger partial charge in [0.1, 0.15) is 5.75 Å². The maximum atomic E-state index is 12.8. The van der Waals surface area contributed by atoms with Gasteiger partial charge in [-0.2, -0.15) is 0 Å². The summed E-state index contributed by atoms with van der Waals surface area (Å²) in [5.74, 6) is 0.680. The summed E-state index contributed by atoms with van der Waals surface area (Å²) in [6.07, 6.45) is 4.56. The first-order valence-electron chi connectivity index (χ1n) is 10.0. The average Bonchev–Trinajstić information content (AvgIpc) is 3.12. The Morgan fingerprint density at radius 3 is 2.52 bits per heavy atom. The van der Waals surface area contributed by atoms with Crippen molar-refractivity contribution in [1.82, 2.24) is 4.72 Å². The lowest BCUT2D eigenvalue weighted by molar-refractivity contribution is -0.117. The predicted molar refractivity (Wildman–Crippen MR) is 112 cm³/mol. The van der Waals surface area contributed by atoms with Gasteiger partial charge in [0.15, 0.2) is 0 Å². The van der Waals surface area contributed by atoms with E-state index in [-0.39, 0.29) is 18.4 Å². The first-order valence-corrected chi connectivity index (χ1v) is 11.5. The summed E-state index contributed by atoms with van der Waals surface area (Å²) in [6.45, 7) is 0.746. The van der Waals surface area contributed by atoms with Crippen LogP contribution in [0.2, 0.25) is 0 Å². The molecule has 4 rings (SSSR count). The lowest BCUT2D eigenvalue weighted by Crippen LogP contribution is -2.31. The van der Waals surface area contributed by atoms with E-state index in [0.29, 0.717) is 17.9 Å². The second-order valence-corrected chi connectivity index (χ2v) is 9.53. The Morgan fingerprint density at radius 1 is 1.07 bits per heavy atom. The minimum absolute atomic E-state index is 0.00754. The number of nitrogens with zero attached hydrogens (tertiary/aromatic N) is 1. The van der Waals surface area contributed by atoms with Crippen molar-refractivity contribution in [2.45, 2.75) is 37.0 Å². The third kappa shape index (κ3) is 4.31. The largest absolute Gasteiger partial charge is 0.497 e. The van der Waals surface area contributed by atoms with Crippen LogP contribution in [0.3, 0.4) is 0 Å². The van der Waals surface area contributed by atoms with Crippen molar-refractivity contribution in [3.63, 3.8) is 0 Å². The first-order chi connectivity index (χ1) is 14.0. The average molecular weight is 415 g/mol. The molecule has 1 atom stereocenters. The number of aryl methyl sites for hydroxylation is 2. The SMILES string of the molecule is COc1ccc(N2C[C@H](CNS(=O)(=O)c3ccc4c(c3)CCCC4)CC2=O)cc1. The Kier molecular flexibility index (Phi) is 5.61. The molecular weight excluding hydrogens is 388 g/mol. The van der Waals surface area contributed by atoms with Crippen molar-refractivity contribution in [1.29, 1.82) is 0 Å². The highest BCUT2D eigenvalue weighted by molar-refractivity contribution is 7.89. The van der Waals surface area contributed by atoms with Crippen LogP contribution in [0.5, 0.6) is 5.75 Å². The maximum Gasteiger partial charge on any atom is 0.240 e. The smallest absolute Gasteiger partial charge is 0.240 e. The zero-order valence-electron chi connectivity index (χ0n) is 16.6. The number of nitrogens with one attached hydrogen (secondary N) is 1. The number of carbonyl (C=O) groups is 1. The monoisotopic (exact) mass is 414 g/mol. The zero-order chi connectivity index (χ0) is 20.4. The van der Waals surface area contributed by atoms with Crippen LogP contribution < -0.4 is 14.4 Å². The van der Waals surface area contributed by atoms with Gasteiger partial charge in [-0.15, -0.1) is 0 Å². The molecule has 0 saturated carbocycles. The molecule has 1 heterocycles. The molecule has 154 valence electrons. The molecule has 1 fully saturated rings. The van der Waals surface area contributed by atoms with Crippen LogP contribution in [0.4, 0.5) is 5.69 Å². The van der Waals surface area contributed by atoms with Crippen LogP contribution >= 0.6 is 0 Å². The highest BCUT2D eigenvalue weighted by atomic mass is 32.2. The minimum Gasteiger partial charge on any atom is -0.497 e. The van der Waals surface area contributed by atoms with E-state index < -0.39 is 10.0 Å². The standard InChI is InChI=1S/C22H26N2O4S/c1-28-20-9-7-19(8-10-20)24-15-16(12-22(24)25)14-23-29(26,27)21-11-6-17-4-2-3-5-18(17)13-21/h6-11,13,16,23H,2-5,12,14-15H2,1H3/t16-/m0/s1. The number of sulfonamides is 1. The van der Waals surface area contributed by atoms with Gasteiger partial charge in [-0.3, -0.25) is 4.79 Å². The fourth-order valence-electron chi connectivity index (χ4n) is 4.12. The molecule has 0 unspecified atom stereocenters. The van der Waals surface area contributed by atoms with Crippen molar-refractivity contribution < 1.29 is 17.9 Å². The molecule has 2 aliphatic rings. The number of ether oxygens (including phenoxy) is 1. The molecule has 7 heteroatoms. The Morgan fingerprint density at radius 2 is 1.79 bits per heavy atom. The van der Waals surface area contributed by atoms with E-state index in [4.69, 9.17) is 4.74 Å². The normalized spacial score (nSPS) is 19.3. The second kappa shape index (κ2) is 8.16. The van der Waals surface area contributed by atoms with E-state index in [1.807, 2.05) is 30.3 Å². The summed E-state index contributed by atoms with van der Waals surface area (Å²) in [6, 6.07) is 12.8. The topological polar surface area (TPSA) is 75.7 Å². The van der Waals surface area contributed by atoms with Crippen LogP contribution in [0.1, 0.15) is 30.4 Å². The quantitative estimate of drug-likeness (QED) is 0.789. The number of benzene rings is 2. The molecule has 0 radical (unpaired) electrons. The van der Waals surface area contributed by atoms with Gasteiger partial charge >= 0.3 is 0 Å². The second-order valence-electron chi connectivity index (χ2n) is 7.76. The number of anilines is 1. The highest BCUT2D eigenvalue weighted by Crippen LogP contribution is 2.27. The third-order valence-electron chi connectivity index (χ3n) is 5.78. The van der Waals surface area contributed by atoms with Crippen LogP contribution in [0.25, 0.3) is 0 Å². The molecule has 2 aromatic carbocycles. The van der Waals surface area contributed by atoms with Crippen LogP contribution in [0, 0.1) is 5.92 Å². The number of rotatable bonds is 6. The molecule has 1 amide bonds. The summed E-state index contributed by atoms with van der Waals surface area (Å²) in [5.41, 5.74) is 3.20. The molecule has 6 nitrogen and oxygen atoms in total. The van der Waals surface area contributed by atoms with Crippen LogP contribution in [-0.4, -0.2) is 34.5 Å². The van der Waals surface area contributed by atoms with Gasteiger partial charge in [-0.25, -0.2) is 13.1 Å². The number of carbonyl (C=O) groups excluding carboxylic acids is 1. The molecule has 1 N–H and O–H groups in total. The van der Waals surface area contributed by atoms with E-state index in [1.54, 1.807) is 24.1 Å². The van der Waals surface area contributed by atoms with Gasteiger partial charge in [0.25, 0.3) is 0 Å². The summed E-state index contributed by atoms with van der Waals surface area (Å²) in [4.78, 5) is 14.4. The van der Waals surface area contributed by atoms with Crippen LogP contribution in [-0.2, 0) is 27.7 Å². The van der Waals surface area contributed by atoms with E-state index in [0.717, 1.165) is 42.7 Å². The maximum absolute atomic E-state index is 12.8. The van der Waals surface area contributed by atoms with Crippen molar-refractivity contribution in [3.05, 3.63) is 53.6 Å². The van der Waals surface area contributed by atoms with Crippen molar-refractivity contribution in [2.75, 3.05) is 25.1 Å². The lowest BCUT2D eigenvalue weighted by atomic mass is 9.92. The Labute approximate surface area is 171 Å². The van der Waals surface area contributed by atoms with E-state index in [1.165, 1.54) is 5.56 Å². The van der Waals surface area contributed by atoms with Crippen molar-refractivity contribution in [3.8, 4) is 5.75 Å². The molecule has 1 saturated heterocycles. The molecule has 0 spiro atoms. The number of fused-ring (bicyclic) bond motifs is 1. The zero-order valence-corrected chi connectivity index (χ0v) is 17.4. The van der Waals surface area contributed by atoms with Gasteiger partial charge in [-0.05, 0) is 79.1 Å². The fourth-order valence-corrected chi connectivity index (χ4v) is 5.28. The van der Waals surface area contributed by atoms with Gasteiger partial charge < -0.3 is 9.64 Å². The lowest BCUT2D eigenvalue weighted by Gasteiger charge is -2.18. The Bertz CT molecular complexity index is 1000. The molecule has 2 aromatic rings. The Hall–Kier alpha value is -2.38. The molecule has 29 heavy (non-hydrogen) atoms. The third-order valence-corrected chi connectivity index (χ3v) is 7.20. The van der Waals surface area contributed by atoms with Crippen molar-refractivity contribution in [2.24, 2.45) is 5.92 Å². The number of hydrogen-bond donors (Lipinski definition) is 1. The summed E-state index contributed by atoms with van der Waals surface area (Å²) in [5, 5.41) is 0. The van der Waals surface area contributed by atoms with Gasteiger partial charge in [0.2, 0.25) is 15.9 Å².